The van der Waals surface area contributed by atoms with Gasteiger partial charge >= 0.3 is 12.1 Å². The summed E-state index contributed by atoms with van der Waals surface area (Å²) in [4.78, 5) is 37.7. The Morgan fingerprint density at radius 1 is 1.03 bits per heavy atom. The molecule has 1 unspecified atom stereocenters. The molecule has 0 saturated heterocycles. The van der Waals surface area contributed by atoms with Gasteiger partial charge in [0.1, 0.15) is 5.75 Å². The van der Waals surface area contributed by atoms with Crippen LogP contribution in [0.1, 0.15) is 51.2 Å². The van der Waals surface area contributed by atoms with E-state index in [2.05, 4.69) is 36.3 Å². The quantitative estimate of drug-likeness (QED) is 0.241. The number of hydrogen-bond donors (Lipinski definition) is 1. The molecule has 170 valence electrons. The maximum atomic E-state index is 12.0. The van der Waals surface area contributed by atoms with Gasteiger partial charge in [0.05, 0.1) is 6.61 Å². The van der Waals surface area contributed by atoms with Crippen LogP contribution in [0.4, 0.5) is 4.79 Å². The Hall–Kier alpha value is -3.44. The second kappa shape index (κ2) is 12.4. The molecule has 0 heterocycles. The van der Waals surface area contributed by atoms with Gasteiger partial charge in [0, 0.05) is 12.0 Å². The highest BCUT2D eigenvalue weighted by molar-refractivity contribution is 5.76. The summed E-state index contributed by atoms with van der Waals surface area (Å²) in [6.45, 7) is 6.59. The van der Waals surface area contributed by atoms with Crippen molar-refractivity contribution >= 4 is 18.1 Å². The van der Waals surface area contributed by atoms with E-state index in [-0.39, 0.29) is 12.0 Å². The number of benzene rings is 2. The van der Waals surface area contributed by atoms with E-state index >= 15 is 0 Å². The van der Waals surface area contributed by atoms with E-state index in [9.17, 15) is 14.4 Å². The largest absolute Gasteiger partial charge is 0.464 e. The summed E-state index contributed by atoms with van der Waals surface area (Å²) in [6, 6.07) is 16.8. The third-order valence-corrected chi connectivity index (χ3v) is 5.22. The van der Waals surface area contributed by atoms with Gasteiger partial charge in [0.15, 0.2) is 6.04 Å². The van der Waals surface area contributed by atoms with Crippen LogP contribution in [-0.4, -0.2) is 37.3 Å². The minimum Gasteiger partial charge on any atom is -0.464 e. The standard InChI is InChI=1S/C25H30N2O5/c1-4-31-23(29)22(27-18-28)12-8-9-17-26-24(30)32-21-15-13-20(14-16-21)25(2,3)19-10-6-5-7-11-19/h5-7,10-11,13-16,22H,4,8-9,12,17H2,1-3H3,(H,26,30). The van der Waals surface area contributed by atoms with Crippen LogP contribution in [0.2, 0.25) is 0 Å². The number of carbonyl (C=O) groups is 2. The van der Waals surface area contributed by atoms with Crippen LogP contribution in [0.5, 0.6) is 5.75 Å². The maximum absolute atomic E-state index is 12.0. The third kappa shape index (κ3) is 7.36. The zero-order chi connectivity index (χ0) is 23.4. The molecule has 2 aromatic carbocycles. The van der Waals surface area contributed by atoms with Crippen molar-refractivity contribution in [3.63, 3.8) is 0 Å². The summed E-state index contributed by atoms with van der Waals surface area (Å²) in [5, 5.41) is 2.68. The van der Waals surface area contributed by atoms with Crippen LogP contribution < -0.4 is 10.1 Å². The fraction of sp³-hybridized carbons (Fsp3) is 0.400. The summed E-state index contributed by atoms with van der Waals surface area (Å²) in [5.74, 6) is -0.0834. The Bertz CT molecular complexity index is 919. The van der Waals surface area contributed by atoms with Crippen molar-refractivity contribution in [2.24, 2.45) is 4.99 Å². The molecule has 7 nitrogen and oxygen atoms in total. The Morgan fingerprint density at radius 2 is 1.69 bits per heavy atom. The summed E-state index contributed by atoms with van der Waals surface area (Å²) >= 11 is 0. The van der Waals surface area contributed by atoms with E-state index in [1.807, 2.05) is 30.3 Å². The van der Waals surface area contributed by atoms with E-state index < -0.39 is 18.1 Å². The maximum Gasteiger partial charge on any atom is 0.412 e. The number of hydrogen-bond acceptors (Lipinski definition) is 6. The van der Waals surface area contributed by atoms with E-state index in [0.29, 0.717) is 31.6 Å². The van der Waals surface area contributed by atoms with E-state index in [0.717, 1.165) is 5.56 Å². The number of nitrogens with one attached hydrogen (secondary N) is 1. The Balaban J connectivity index is 1.78. The lowest BCUT2D eigenvalue weighted by molar-refractivity contribution is -0.144. The van der Waals surface area contributed by atoms with Crippen molar-refractivity contribution in [1.82, 2.24) is 5.32 Å². The summed E-state index contributed by atoms with van der Waals surface area (Å²) in [5.41, 5.74) is 2.15. The molecular weight excluding hydrogens is 408 g/mol. The average molecular weight is 439 g/mol. The number of ether oxygens (including phenoxy) is 2. The van der Waals surface area contributed by atoms with Gasteiger partial charge in [-0.25, -0.2) is 14.4 Å². The van der Waals surface area contributed by atoms with Crippen LogP contribution in [0.25, 0.3) is 0 Å². The van der Waals surface area contributed by atoms with Gasteiger partial charge in [-0.2, -0.15) is 4.99 Å². The summed E-state index contributed by atoms with van der Waals surface area (Å²) in [6.07, 6.45) is 2.39. The second-order valence-corrected chi connectivity index (χ2v) is 7.82. The molecule has 32 heavy (non-hydrogen) atoms. The van der Waals surface area contributed by atoms with Gasteiger partial charge in [-0.3, -0.25) is 0 Å². The smallest absolute Gasteiger partial charge is 0.412 e. The molecule has 0 aliphatic carbocycles. The topological polar surface area (TPSA) is 94.1 Å². The number of amides is 1. The summed E-state index contributed by atoms with van der Waals surface area (Å²) in [7, 11) is 0. The highest BCUT2D eigenvalue weighted by Crippen LogP contribution is 2.32. The molecule has 0 aromatic heterocycles. The fourth-order valence-corrected chi connectivity index (χ4v) is 3.29. The molecule has 0 fully saturated rings. The van der Waals surface area contributed by atoms with Gasteiger partial charge in [-0.15, -0.1) is 0 Å². The molecule has 2 aromatic rings. The first-order chi connectivity index (χ1) is 15.4. The number of esters is 1. The van der Waals surface area contributed by atoms with Gasteiger partial charge in [0.2, 0.25) is 6.08 Å². The van der Waals surface area contributed by atoms with Crippen molar-refractivity contribution in [2.45, 2.75) is 51.5 Å². The zero-order valence-electron chi connectivity index (χ0n) is 18.8. The van der Waals surface area contributed by atoms with Crippen LogP contribution in [0.3, 0.4) is 0 Å². The lowest BCUT2D eigenvalue weighted by atomic mass is 9.78. The first-order valence-corrected chi connectivity index (χ1v) is 10.7. The van der Waals surface area contributed by atoms with Crippen LogP contribution in [0.15, 0.2) is 59.6 Å². The second-order valence-electron chi connectivity index (χ2n) is 7.82. The Labute approximate surface area is 188 Å². The van der Waals surface area contributed by atoms with Crippen molar-refractivity contribution in [3.05, 3.63) is 65.7 Å². The molecule has 0 bridgehead atoms. The lowest BCUT2D eigenvalue weighted by Crippen LogP contribution is -2.28. The highest BCUT2D eigenvalue weighted by atomic mass is 16.6. The third-order valence-electron chi connectivity index (χ3n) is 5.22. The summed E-state index contributed by atoms with van der Waals surface area (Å²) < 4.78 is 10.2. The number of unbranched alkanes of at least 4 members (excludes halogenated alkanes) is 1. The monoisotopic (exact) mass is 438 g/mol. The SMILES string of the molecule is CCOC(=O)C(CCCCNC(=O)Oc1ccc(C(C)(C)c2ccccc2)cc1)N=C=O. The Kier molecular flexibility index (Phi) is 9.64. The number of isocyanates is 1. The molecule has 0 aliphatic heterocycles. The normalized spacial score (nSPS) is 11.7. The van der Waals surface area contributed by atoms with Crippen LogP contribution in [0, 0.1) is 0 Å². The Morgan fingerprint density at radius 3 is 2.31 bits per heavy atom. The average Bonchev–Trinajstić information content (AvgIpc) is 2.79. The molecule has 1 amide bonds. The minimum absolute atomic E-state index is 0.169. The number of nitrogens with zero attached hydrogens (tertiary/aromatic N) is 1. The van der Waals surface area contributed by atoms with E-state index in [1.54, 1.807) is 19.1 Å². The van der Waals surface area contributed by atoms with Crippen LogP contribution in [-0.2, 0) is 19.7 Å². The first-order valence-electron chi connectivity index (χ1n) is 10.7. The molecule has 7 heteroatoms. The fourth-order valence-electron chi connectivity index (χ4n) is 3.29. The molecule has 0 saturated carbocycles. The van der Waals surface area contributed by atoms with Gasteiger partial charge in [0.25, 0.3) is 0 Å². The zero-order valence-corrected chi connectivity index (χ0v) is 18.8. The van der Waals surface area contributed by atoms with Crippen LogP contribution >= 0.6 is 0 Å². The number of rotatable bonds is 11. The van der Waals surface area contributed by atoms with E-state index in [4.69, 9.17) is 9.47 Å². The molecule has 2 rings (SSSR count). The highest BCUT2D eigenvalue weighted by Gasteiger charge is 2.23. The van der Waals surface area contributed by atoms with Gasteiger partial charge < -0.3 is 14.8 Å². The van der Waals surface area contributed by atoms with Gasteiger partial charge in [-0.05, 0) is 49.4 Å². The molecule has 0 spiro atoms. The predicted octanol–water partition coefficient (Wildman–Crippen LogP) is 4.54. The molecule has 1 N–H and O–H groups in total. The number of aliphatic imine (C=N–C) groups is 1. The predicted molar refractivity (Wildman–Crippen MR) is 121 cm³/mol. The first kappa shape index (κ1) is 24.8. The molecular formula is C25H30N2O5. The van der Waals surface area contributed by atoms with E-state index in [1.165, 1.54) is 11.6 Å². The molecule has 0 radical (unpaired) electrons. The minimum atomic E-state index is -0.849. The lowest BCUT2D eigenvalue weighted by Gasteiger charge is -2.26. The molecule has 0 aliphatic rings. The van der Waals surface area contributed by atoms with Crippen molar-refractivity contribution < 1.29 is 23.9 Å². The number of carbonyl (C=O) groups excluding carboxylic acids is 3. The molecule has 1 atom stereocenters. The van der Waals surface area contributed by atoms with Gasteiger partial charge in [-0.1, -0.05) is 56.3 Å². The van der Waals surface area contributed by atoms with Crippen molar-refractivity contribution in [1.29, 1.82) is 0 Å². The van der Waals surface area contributed by atoms with Crippen molar-refractivity contribution in [2.75, 3.05) is 13.2 Å². The van der Waals surface area contributed by atoms with Crippen molar-refractivity contribution in [3.8, 4) is 5.75 Å².